The fraction of sp³-hybridized carbons (Fsp3) is 0.360. The Morgan fingerprint density at radius 2 is 1.84 bits per heavy atom. The number of rotatable bonds is 7. The summed E-state index contributed by atoms with van der Waals surface area (Å²) in [6.45, 7) is 8.22. The molecule has 1 fully saturated rings. The lowest BCUT2D eigenvalue weighted by Crippen LogP contribution is -2.30. The van der Waals surface area contributed by atoms with Crippen LogP contribution in [0, 0.1) is 6.92 Å². The van der Waals surface area contributed by atoms with Gasteiger partial charge in [0.2, 0.25) is 0 Å². The van der Waals surface area contributed by atoms with Crippen molar-refractivity contribution in [3.8, 4) is 5.75 Å². The lowest BCUT2D eigenvalue weighted by atomic mass is 9.94. The fourth-order valence-electron chi connectivity index (χ4n) is 3.77. The highest BCUT2D eigenvalue weighted by Gasteiger charge is 2.45. The summed E-state index contributed by atoms with van der Waals surface area (Å²) in [4.78, 5) is 27.4. The summed E-state index contributed by atoms with van der Waals surface area (Å²) < 4.78 is 5.77. The van der Waals surface area contributed by atoms with E-state index in [0.29, 0.717) is 22.9 Å². The predicted octanol–water partition coefficient (Wildman–Crippen LogP) is 5.66. The second-order valence-electron chi connectivity index (χ2n) is 8.04. The molecule has 5 nitrogen and oxygen atoms in total. The SMILES string of the molecule is CCCCN1C(=O)C(=O)/C(=C(\O)c2ccc(OC(C)C)c(C)c2)C1c1ccc(Cl)cc1. The summed E-state index contributed by atoms with van der Waals surface area (Å²) in [6, 6.07) is 11.6. The van der Waals surface area contributed by atoms with Crippen LogP contribution in [0.5, 0.6) is 5.75 Å². The van der Waals surface area contributed by atoms with Crippen molar-refractivity contribution >= 4 is 29.1 Å². The van der Waals surface area contributed by atoms with E-state index in [-0.39, 0.29) is 17.4 Å². The van der Waals surface area contributed by atoms with Crippen LogP contribution in [-0.2, 0) is 9.59 Å². The second kappa shape index (κ2) is 9.56. The van der Waals surface area contributed by atoms with Gasteiger partial charge in [-0.05, 0) is 68.7 Å². The zero-order valence-corrected chi connectivity index (χ0v) is 19.1. The molecule has 1 amide bonds. The van der Waals surface area contributed by atoms with Crippen LogP contribution >= 0.6 is 11.6 Å². The second-order valence-corrected chi connectivity index (χ2v) is 8.48. The molecule has 0 spiro atoms. The van der Waals surface area contributed by atoms with E-state index >= 15 is 0 Å². The molecule has 0 bridgehead atoms. The Kier molecular flexibility index (Phi) is 7.06. The molecule has 1 N–H and O–H groups in total. The van der Waals surface area contributed by atoms with Crippen LogP contribution in [0.2, 0.25) is 5.02 Å². The molecule has 6 heteroatoms. The number of aliphatic hydroxyl groups is 1. The maximum absolute atomic E-state index is 13.0. The number of amides is 1. The van der Waals surface area contributed by atoms with Crippen molar-refractivity contribution in [2.45, 2.75) is 52.7 Å². The number of benzene rings is 2. The highest BCUT2D eigenvalue weighted by Crippen LogP contribution is 2.40. The van der Waals surface area contributed by atoms with Gasteiger partial charge < -0.3 is 14.7 Å². The van der Waals surface area contributed by atoms with E-state index in [0.717, 1.165) is 24.0 Å². The third-order valence-corrected chi connectivity index (χ3v) is 5.54. The van der Waals surface area contributed by atoms with Gasteiger partial charge in [0.1, 0.15) is 11.5 Å². The molecule has 1 heterocycles. The van der Waals surface area contributed by atoms with Gasteiger partial charge in [-0.2, -0.15) is 0 Å². The van der Waals surface area contributed by atoms with E-state index in [1.54, 1.807) is 47.4 Å². The van der Waals surface area contributed by atoms with Crippen molar-refractivity contribution in [3.05, 3.63) is 69.8 Å². The van der Waals surface area contributed by atoms with Crippen LogP contribution in [0.25, 0.3) is 5.76 Å². The minimum absolute atomic E-state index is 0.0203. The van der Waals surface area contributed by atoms with Gasteiger partial charge in [0.15, 0.2) is 0 Å². The average molecular weight is 442 g/mol. The molecule has 1 aliphatic rings. The largest absolute Gasteiger partial charge is 0.507 e. The monoisotopic (exact) mass is 441 g/mol. The first-order valence-electron chi connectivity index (χ1n) is 10.6. The standard InChI is InChI=1S/C25H28ClNO4/c1-5-6-13-27-22(17-7-10-19(26)11-8-17)21(24(29)25(27)30)23(28)18-9-12-20(16(4)14-18)31-15(2)3/h7-12,14-15,22,28H,5-6,13H2,1-4H3/b23-21-. The van der Waals surface area contributed by atoms with Crippen molar-refractivity contribution in [2.75, 3.05) is 6.54 Å². The first kappa shape index (κ1) is 22.9. The number of ketones is 1. The summed E-state index contributed by atoms with van der Waals surface area (Å²) in [7, 11) is 0. The molecule has 1 unspecified atom stereocenters. The minimum Gasteiger partial charge on any atom is -0.507 e. The van der Waals surface area contributed by atoms with E-state index < -0.39 is 17.7 Å². The highest BCUT2D eigenvalue weighted by atomic mass is 35.5. The van der Waals surface area contributed by atoms with E-state index in [2.05, 4.69) is 0 Å². The maximum Gasteiger partial charge on any atom is 0.295 e. The number of carbonyl (C=O) groups is 2. The Morgan fingerprint density at radius 1 is 1.16 bits per heavy atom. The number of nitrogens with zero attached hydrogens (tertiary/aromatic N) is 1. The van der Waals surface area contributed by atoms with E-state index in [1.807, 2.05) is 27.7 Å². The number of aliphatic hydroxyl groups excluding tert-OH is 1. The van der Waals surface area contributed by atoms with Crippen LogP contribution in [0.1, 0.15) is 56.3 Å². The van der Waals surface area contributed by atoms with Crippen molar-refractivity contribution < 1.29 is 19.4 Å². The molecular formula is C25H28ClNO4. The topological polar surface area (TPSA) is 66.8 Å². The van der Waals surface area contributed by atoms with Gasteiger partial charge in [-0.3, -0.25) is 9.59 Å². The molecule has 31 heavy (non-hydrogen) atoms. The van der Waals surface area contributed by atoms with E-state index in [9.17, 15) is 14.7 Å². The molecular weight excluding hydrogens is 414 g/mol. The summed E-state index contributed by atoms with van der Waals surface area (Å²) in [5, 5.41) is 11.7. The third-order valence-electron chi connectivity index (χ3n) is 5.29. The molecule has 0 aromatic heterocycles. The van der Waals surface area contributed by atoms with Gasteiger partial charge >= 0.3 is 0 Å². The maximum atomic E-state index is 13.0. The van der Waals surface area contributed by atoms with Gasteiger partial charge in [0.05, 0.1) is 17.7 Å². The van der Waals surface area contributed by atoms with Crippen LogP contribution in [0.3, 0.4) is 0 Å². The van der Waals surface area contributed by atoms with Crippen LogP contribution in [0.15, 0.2) is 48.0 Å². The zero-order valence-electron chi connectivity index (χ0n) is 18.3. The molecule has 0 aliphatic carbocycles. The molecule has 2 aromatic carbocycles. The molecule has 1 aliphatic heterocycles. The van der Waals surface area contributed by atoms with Crippen molar-refractivity contribution in [2.24, 2.45) is 0 Å². The first-order valence-corrected chi connectivity index (χ1v) is 10.9. The quantitative estimate of drug-likeness (QED) is 0.342. The van der Waals surface area contributed by atoms with Crippen molar-refractivity contribution in [1.82, 2.24) is 4.90 Å². The van der Waals surface area contributed by atoms with Gasteiger partial charge in [0.25, 0.3) is 11.7 Å². The summed E-state index contributed by atoms with van der Waals surface area (Å²) in [6.07, 6.45) is 1.66. The molecule has 3 rings (SSSR count). The lowest BCUT2D eigenvalue weighted by Gasteiger charge is -2.25. The molecule has 1 atom stereocenters. The number of unbranched alkanes of at least 4 members (excludes halogenated alkanes) is 1. The number of aryl methyl sites for hydroxylation is 1. The number of Topliss-reactive ketones (excluding diaryl/α,β-unsaturated/α-hetero) is 1. The molecule has 164 valence electrons. The molecule has 2 aromatic rings. The summed E-state index contributed by atoms with van der Waals surface area (Å²) >= 11 is 6.04. The molecule has 1 saturated heterocycles. The Balaban J connectivity index is 2.11. The Morgan fingerprint density at radius 3 is 2.42 bits per heavy atom. The summed E-state index contributed by atoms with van der Waals surface area (Å²) in [5.41, 5.74) is 2.14. The van der Waals surface area contributed by atoms with Crippen LogP contribution in [0.4, 0.5) is 0 Å². The minimum atomic E-state index is -0.672. The summed E-state index contributed by atoms with van der Waals surface area (Å²) in [5.74, 6) is -0.735. The highest BCUT2D eigenvalue weighted by molar-refractivity contribution is 6.46. The smallest absolute Gasteiger partial charge is 0.295 e. The fourth-order valence-corrected chi connectivity index (χ4v) is 3.90. The Bertz CT molecular complexity index is 1010. The molecule has 0 saturated carbocycles. The average Bonchev–Trinajstić information content (AvgIpc) is 2.98. The lowest BCUT2D eigenvalue weighted by molar-refractivity contribution is -0.139. The number of likely N-dealkylation sites (tertiary alicyclic amines) is 1. The first-order chi connectivity index (χ1) is 14.7. The third kappa shape index (κ3) is 4.77. The van der Waals surface area contributed by atoms with Gasteiger partial charge in [-0.25, -0.2) is 0 Å². The number of halogens is 1. The van der Waals surface area contributed by atoms with Gasteiger partial charge in [-0.15, -0.1) is 0 Å². The number of hydrogen-bond donors (Lipinski definition) is 1. The van der Waals surface area contributed by atoms with E-state index in [1.165, 1.54) is 0 Å². The number of ether oxygens (including phenoxy) is 1. The van der Waals surface area contributed by atoms with Gasteiger partial charge in [-0.1, -0.05) is 37.1 Å². The zero-order chi connectivity index (χ0) is 22.7. The number of carbonyl (C=O) groups excluding carboxylic acids is 2. The van der Waals surface area contributed by atoms with Crippen molar-refractivity contribution in [3.63, 3.8) is 0 Å². The Hall–Kier alpha value is -2.79. The van der Waals surface area contributed by atoms with Gasteiger partial charge in [0, 0.05) is 17.1 Å². The molecule has 0 radical (unpaired) electrons. The van der Waals surface area contributed by atoms with Crippen LogP contribution in [-0.4, -0.2) is 34.3 Å². The Labute approximate surface area is 188 Å². The number of hydrogen-bond acceptors (Lipinski definition) is 4. The normalized spacial score (nSPS) is 18.1. The predicted molar refractivity (Wildman–Crippen MR) is 122 cm³/mol. The van der Waals surface area contributed by atoms with Crippen LogP contribution < -0.4 is 4.74 Å². The van der Waals surface area contributed by atoms with E-state index in [4.69, 9.17) is 16.3 Å². The van der Waals surface area contributed by atoms with Crippen molar-refractivity contribution in [1.29, 1.82) is 0 Å².